The van der Waals surface area contributed by atoms with E-state index in [4.69, 9.17) is 4.55 Å². The maximum Gasteiger partial charge on any atom is 0.298 e. The van der Waals surface area contributed by atoms with Crippen LogP contribution in [0.15, 0.2) is 57.6 Å². The molecule has 2 aromatic carbocycles. The summed E-state index contributed by atoms with van der Waals surface area (Å²) in [4.78, 5) is 33.8. The predicted molar refractivity (Wildman–Crippen MR) is 102 cm³/mol. The van der Waals surface area contributed by atoms with Gasteiger partial charge in [-0.15, -0.1) is 5.11 Å². The minimum absolute atomic E-state index is 0.391. The van der Waals surface area contributed by atoms with Gasteiger partial charge in [0.25, 0.3) is 21.7 Å². The molecule has 0 aliphatic heterocycles. The highest BCUT2D eigenvalue weighted by atomic mass is 32.2. The first kappa shape index (κ1) is 21.8. The maximum atomic E-state index is 12.4. The lowest BCUT2D eigenvalue weighted by molar-refractivity contribution is -0.384. The number of aryl methyl sites for hydroxylation is 1. The molecule has 1 unspecified atom stereocenters. The molecule has 0 bridgehead atoms. The molecule has 2 aromatic rings. The average molecular weight is 420 g/mol. The molecule has 0 saturated carbocycles. The van der Waals surface area contributed by atoms with Crippen molar-refractivity contribution in [2.45, 2.75) is 24.8 Å². The Morgan fingerprint density at radius 2 is 1.86 bits per heavy atom. The summed E-state index contributed by atoms with van der Waals surface area (Å²) in [6.45, 7) is 2.86. The molecule has 0 fully saturated rings. The molecule has 2 N–H and O–H groups in total. The molecule has 0 spiro atoms. The van der Waals surface area contributed by atoms with Crippen LogP contribution in [0.3, 0.4) is 0 Å². The summed E-state index contributed by atoms with van der Waals surface area (Å²) in [6, 6.07) is 7.67. The van der Waals surface area contributed by atoms with Gasteiger partial charge in [-0.3, -0.25) is 24.3 Å². The zero-order chi connectivity index (χ0) is 21.8. The largest absolute Gasteiger partial charge is 0.324 e. The summed E-state index contributed by atoms with van der Waals surface area (Å²) < 4.78 is 31.3. The molecule has 0 saturated heterocycles. The minimum atomic E-state index is -4.67. The predicted octanol–water partition coefficient (Wildman–Crippen LogP) is 2.83. The van der Waals surface area contributed by atoms with E-state index in [-0.39, 0.29) is 0 Å². The van der Waals surface area contributed by atoms with E-state index in [0.29, 0.717) is 11.8 Å². The Labute approximate surface area is 165 Å². The number of carbonyl (C=O) groups is 2. The van der Waals surface area contributed by atoms with Crippen molar-refractivity contribution in [3.63, 3.8) is 0 Å². The molecule has 0 aliphatic carbocycles. The Bertz CT molecular complexity index is 1110. The second-order valence-electron chi connectivity index (χ2n) is 5.92. The Balaban J connectivity index is 2.35. The lowest BCUT2D eigenvalue weighted by Gasteiger charge is -2.11. The lowest BCUT2D eigenvalue weighted by atomic mass is 10.1. The van der Waals surface area contributed by atoms with Crippen molar-refractivity contribution in [1.29, 1.82) is 0 Å². The van der Waals surface area contributed by atoms with Gasteiger partial charge in [0.2, 0.25) is 6.04 Å². The van der Waals surface area contributed by atoms with Gasteiger partial charge in [0.05, 0.1) is 4.92 Å². The van der Waals surface area contributed by atoms with Crippen LogP contribution >= 0.6 is 0 Å². The Hall–Kier alpha value is -3.51. The van der Waals surface area contributed by atoms with Gasteiger partial charge in [-0.1, -0.05) is 18.2 Å². The first-order valence-corrected chi connectivity index (χ1v) is 9.48. The van der Waals surface area contributed by atoms with E-state index in [1.807, 2.05) is 0 Å². The van der Waals surface area contributed by atoms with Crippen molar-refractivity contribution in [3.8, 4) is 0 Å². The number of nitro benzene ring substituents is 1. The van der Waals surface area contributed by atoms with E-state index in [1.54, 1.807) is 31.2 Å². The number of anilines is 1. The molecule has 29 heavy (non-hydrogen) atoms. The van der Waals surface area contributed by atoms with Crippen LogP contribution in [0, 0.1) is 17.0 Å². The zero-order valence-electron chi connectivity index (χ0n) is 15.3. The third kappa shape index (κ3) is 5.49. The minimum Gasteiger partial charge on any atom is -0.324 e. The SMILES string of the molecule is CC(=O)C(N=Nc1ccc(S(=O)(=O)O)cc1[N+](=O)[O-])C(=O)Nc1ccccc1C. The normalized spacial score (nSPS) is 12.5. The molecule has 12 heteroatoms. The van der Waals surface area contributed by atoms with E-state index in [9.17, 15) is 28.1 Å². The van der Waals surface area contributed by atoms with E-state index in [2.05, 4.69) is 15.5 Å². The van der Waals surface area contributed by atoms with Gasteiger partial charge in [-0.05, 0) is 37.6 Å². The number of carbonyl (C=O) groups excluding carboxylic acids is 2. The average Bonchev–Trinajstić information content (AvgIpc) is 2.62. The van der Waals surface area contributed by atoms with Gasteiger partial charge in [-0.25, -0.2) is 0 Å². The van der Waals surface area contributed by atoms with Gasteiger partial charge in [0, 0.05) is 11.8 Å². The van der Waals surface area contributed by atoms with Crippen LogP contribution in [0.1, 0.15) is 12.5 Å². The highest BCUT2D eigenvalue weighted by Gasteiger charge is 2.25. The topological polar surface area (TPSA) is 168 Å². The highest BCUT2D eigenvalue weighted by molar-refractivity contribution is 7.85. The smallest absolute Gasteiger partial charge is 0.298 e. The number of benzene rings is 2. The molecular weight excluding hydrogens is 404 g/mol. The first-order valence-electron chi connectivity index (χ1n) is 8.04. The number of ketones is 1. The Morgan fingerprint density at radius 3 is 2.41 bits per heavy atom. The number of amides is 1. The van der Waals surface area contributed by atoms with Gasteiger partial charge in [0.15, 0.2) is 11.5 Å². The summed E-state index contributed by atoms with van der Waals surface area (Å²) in [5.41, 5.74) is 0.0433. The van der Waals surface area contributed by atoms with E-state index in [1.165, 1.54) is 0 Å². The number of rotatable bonds is 7. The standard InChI is InChI=1S/C17H16N4O7S/c1-10-5-3-4-6-13(10)18-17(23)16(11(2)22)20-19-14-8-7-12(29(26,27)28)9-15(14)21(24)25/h3-9,16H,1-2H3,(H,18,23)(H,26,27,28). The summed E-state index contributed by atoms with van der Waals surface area (Å²) in [5.74, 6) is -1.44. The van der Waals surface area contributed by atoms with Gasteiger partial charge < -0.3 is 5.32 Å². The third-order valence-corrected chi connectivity index (χ3v) is 4.61. The van der Waals surface area contributed by atoms with Crippen LogP contribution < -0.4 is 5.32 Å². The van der Waals surface area contributed by atoms with E-state index in [0.717, 1.165) is 24.6 Å². The van der Waals surface area contributed by atoms with E-state index < -0.39 is 49.0 Å². The van der Waals surface area contributed by atoms with Gasteiger partial charge in [0.1, 0.15) is 4.90 Å². The molecule has 0 aromatic heterocycles. The molecule has 1 atom stereocenters. The van der Waals surface area contributed by atoms with Crippen LogP contribution in [0.2, 0.25) is 0 Å². The van der Waals surface area contributed by atoms with Crippen molar-refractivity contribution < 1.29 is 27.5 Å². The number of nitro groups is 1. The van der Waals surface area contributed by atoms with Crippen LogP contribution in [0.5, 0.6) is 0 Å². The quantitative estimate of drug-likeness (QED) is 0.228. The third-order valence-electron chi connectivity index (χ3n) is 3.76. The lowest BCUT2D eigenvalue weighted by Crippen LogP contribution is -2.32. The first-order chi connectivity index (χ1) is 13.5. The number of azo groups is 1. The fourth-order valence-electron chi connectivity index (χ4n) is 2.25. The van der Waals surface area contributed by atoms with Crippen molar-refractivity contribution in [1.82, 2.24) is 0 Å². The summed E-state index contributed by atoms with van der Waals surface area (Å²) in [6.07, 6.45) is 0. The highest BCUT2D eigenvalue weighted by Crippen LogP contribution is 2.30. The molecule has 11 nitrogen and oxygen atoms in total. The van der Waals surface area contributed by atoms with Gasteiger partial charge >= 0.3 is 0 Å². The number of Topliss-reactive ketones (excluding diaryl/α,β-unsaturated/α-hetero) is 1. The Kier molecular flexibility index (Phi) is 6.51. The summed E-state index contributed by atoms with van der Waals surface area (Å²) in [7, 11) is -4.67. The summed E-state index contributed by atoms with van der Waals surface area (Å²) >= 11 is 0. The second-order valence-corrected chi connectivity index (χ2v) is 7.34. The zero-order valence-corrected chi connectivity index (χ0v) is 16.1. The van der Waals surface area contributed by atoms with Crippen LogP contribution in [0.25, 0.3) is 0 Å². The fraction of sp³-hybridized carbons (Fsp3) is 0.176. The van der Waals surface area contributed by atoms with Crippen molar-refractivity contribution >= 4 is 38.9 Å². The van der Waals surface area contributed by atoms with Crippen LogP contribution in [-0.2, 0) is 19.7 Å². The number of nitrogens with zero attached hydrogens (tertiary/aromatic N) is 3. The molecule has 1 amide bonds. The number of nitrogens with one attached hydrogen (secondary N) is 1. The maximum absolute atomic E-state index is 12.4. The summed E-state index contributed by atoms with van der Waals surface area (Å²) in [5, 5.41) is 20.9. The molecule has 0 heterocycles. The molecule has 2 rings (SSSR count). The van der Waals surface area contributed by atoms with Crippen LogP contribution in [0.4, 0.5) is 17.1 Å². The van der Waals surface area contributed by atoms with Crippen molar-refractivity contribution in [2.24, 2.45) is 10.2 Å². The molecule has 0 radical (unpaired) electrons. The Morgan fingerprint density at radius 1 is 1.21 bits per heavy atom. The van der Waals surface area contributed by atoms with Crippen molar-refractivity contribution in [2.75, 3.05) is 5.32 Å². The fourth-order valence-corrected chi connectivity index (χ4v) is 2.75. The number of para-hydroxylation sites is 1. The second kappa shape index (κ2) is 8.67. The molecule has 152 valence electrons. The molecule has 0 aliphatic rings. The number of hydrogen-bond donors (Lipinski definition) is 2. The monoisotopic (exact) mass is 420 g/mol. The molecular formula is C17H16N4O7S. The van der Waals surface area contributed by atoms with Crippen molar-refractivity contribution in [3.05, 3.63) is 58.1 Å². The van der Waals surface area contributed by atoms with Gasteiger partial charge in [-0.2, -0.15) is 13.5 Å². The van der Waals surface area contributed by atoms with Crippen LogP contribution in [-0.4, -0.2) is 35.6 Å². The number of hydrogen-bond acceptors (Lipinski definition) is 8. The van der Waals surface area contributed by atoms with E-state index >= 15 is 0 Å².